The summed E-state index contributed by atoms with van der Waals surface area (Å²) in [5, 5.41) is 9.64. The molecule has 8 nitrogen and oxygen atoms in total. The highest BCUT2D eigenvalue weighted by molar-refractivity contribution is 5.72. The van der Waals surface area contributed by atoms with Crippen molar-refractivity contribution >= 4 is 17.9 Å². The molecule has 0 aromatic carbocycles. The molecule has 0 bridgehead atoms. The highest BCUT2D eigenvalue weighted by Gasteiger charge is 2.31. The number of allylic oxidation sites excluding steroid dienone is 10. The number of carboxylic acid groups (broad SMARTS) is 1. The van der Waals surface area contributed by atoms with Crippen molar-refractivity contribution in [2.45, 2.75) is 212 Å². The SMILES string of the molecule is CC/C=C/C/C=C/C/C=C/C/C=C/CCCCCCCCC(=O)OC(COCCC(C(=O)O)[N+](C)(C)C)COC(=O)CCCCCCCCC/C=C/CCCCCCCC. The van der Waals surface area contributed by atoms with Gasteiger partial charge in [-0.1, -0.05) is 164 Å². The molecule has 0 amide bonds. The van der Waals surface area contributed by atoms with Crippen LogP contribution in [0.1, 0.15) is 200 Å². The second-order valence-electron chi connectivity index (χ2n) is 17.3. The highest BCUT2D eigenvalue weighted by Crippen LogP contribution is 2.14. The first-order chi connectivity index (χ1) is 29.1. The Hall–Kier alpha value is -2.97. The molecule has 0 fully saturated rings. The summed E-state index contributed by atoms with van der Waals surface area (Å²) in [5.41, 5.74) is 0. The summed E-state index contributed by atoms with van der Waals surface area (Å²) < 4.78 is 17.3. The van der Waals surface area contributed by atoms with E-state index in [1.54, 1.807) is 0 Å². The fraction of sp³-hybridized carbons (Fsp3) is 0.750. The lowest BCUT2D eigenvalue weighted by molar-refractivity contribution is -0.887. The number of esters is 2. The molecule has 0 aromatic heterocycles. The first-order valence-electron chi connectivity index (χ1n) is 24.3. The first-order valence-corrected chi connectivity index (χ1v) is 24.3. The molecule has 0 heterocycles. The predicted octanol–water partition coefficient (Wildman–Crippen LogP) is 13.8. The van der Waals surface area contributed by atoms with E-state index in [1.807, 2.05) is 21.1 Å². The molecule has 0 aromatic rings. The van der Waals surface area contributed by atoms with Gasteiger partial charge >= 0.3 is 17.9 Å². The molecular weight excluding hydrogens is 751 g/mol. The number of ether oxygens (including phenoxy) is 3. The summed E-state index contributed by atoms with van der Waals surface area (Å²) in [7, 11) is 5.52. The molecule has 0 radical (unpaired) electrons. The van der Waals surface area contributed by atoms with Crippen LogP contribution in [0.4, 0.5) is 0 Å². The van der Waals surface area contributed by atoms with Crippen molar-refractivity contribution in [1.82, 2.24) is 0 Å². The number of rotatable bonds is 43. The second kappa shape index (κ2) is 42.7. The summed E-state index contributed by atoms with van der Waals surface area (Å²) in [6, 6.07) is -0.620. The largest absolute Gasteiger partial charge is 0.477 e. The van der Waals surface area contributed by atoms with Gasteiger partial charge in [0.25, 0.3) is 0 Å². The van der Waals surface area contributed by atoms with Gasteiger partial charge in [0.05, 0.1) is 34.4 Å². The zero-order chi connectivity index (χ0) is 44.2. The number of hydrogen-bond acceptors (Lipinski definition) is 6. The molecule has 0 saturated carbocycles. The van der Waals surface area contributed by atoms with Gasteiger partial charge in [0, 0.05) is 19.3 Å². The number of carbonyl (C=O) groups excluding carboxylic acids is 2. The minimum atomic E-state index is -0.879. The number of likely N-dealkylation sites (N-methyl/N-ethyl adjacent to an activating group) is 1. The van der Waals surface area contributed by atoms with Crippen LogP contribution in [0.5, 0.6) is 0 Å². The normalized spacial score (nSPS) is 13.4. The smallest absolute Gasteiger partial charge is 0.362 e. The standard InChI is InChI=1S/C52H91NO7/c1-6-8-10-12-14-16-18-20-22-24-25-27-29-31-33-35-37-39-41-43-51(55)60-48(46-58-45-44-49(52(56)57)53(3,4)5)47-59-50(54)42-40-38-36-34-32-30-28-26-23-21-19-17-15-13-11-9-7-2/h8,10,14,16,20-23,25,27,48-49H,6-7,9,11-13,15,17-19,24,26,28-47H2,1-5H3/p+1/b10-8+,16-14+,22-20+,23-21+,27-25+. The van der Waals surface area contributed by atoms with Crippen LogP contribution in [0.25, 0.3) is 0 Å². The molecule has 0 rings (SSSR count). The Bertz CT molecular complexity index is 1170. The Morgan fingerprint density at radius 1 is 0.517 bits per heavy atom. The molecule has 60 heavy (non-hydrogen) atoms. The molecule has 346 valence electrons. The van der Waals surface area contributed by atoms with E-state index in [1.165, 1.54) is 89.9 Å². The van der Waals surface area contributed by atoms with Crippen molar-refractivity contribution in [2.24, 2.45) is 0 Å². The third-order valence-corrected chi connectivity index (χ3v) is 10.7. The van der Waals surface area contributed by atoms with Crippen LogP contribution in [0.2, 0.25) is 0 Å². The molecule has 0 aliphatic heterocycles. The van der Waals surface area contributed by atoms with Gasteiger partial charge in [0.2, 0.25) is 0 Å². The van der Waals surface area contributed by atoms with E-state index in [-0.39, 0.29) is 36.2 Å². The van der Waals surface area contributed by atoms with Crippen molar-refractivity contribution in [3.05, 3.63) is 60.8 Å². The minimum Gasteiger partial charge on any atom is -0.477 e. The first kappa shape index (κ1) is 57.0. The van der Waals surface area contributed by atoms with E-state index < -0.39 is 18.1 Å². The van der Waals surface area contributed by atoms with Gasteiger partial charge in [-0.2, -0.15) is 0 Å². The van der Waals surface area contributed by atoms with Crippen molar-refractivity contribution in [3.8, 4) is 0 Å². The van der Waals surface area contributed by atoms with E-state index in [4.69, 9.17) is 14.2 Å². The fourth-order valence-corrected chi connectivity index (χ4v) is 6.90. The molecule has 8 heteroatoms. The van der Waals surface area contributed by atoms with Crippen molar-refractivity contribution in [3.63, 3.8) is 0 Å². The van der Waals surface area contributed by atoms with E-state index in [9.17, 15) is 19.5 Å². The minimum absolute atomic E-state index is 0.0523. The summed E-state index contributed by atoms with van der Waals surface area (Å²) in [5.74, 6) is -1.49. The van der Waals surface area contributed by atoms with Crippen LogP contribution in [0.3, 0.4) is 0 Å². The molecular formula is C52H92NO7+. The molecule has 2 unspecified atom stereocenters. The lowest BCUT2D eigenvalue weighted by Gasteiger charge is -2.31. The van der Waals surface area contributed by atoms with E-state index in [0.29, 0.717) is 19.3 Å². The van der Waals surface area contributed by atoms with Crippen LogP contribution in [-0.4, -0.2) is 80.6 Å². The zero-order valence-electron chi connectivity index (χ0n) is 39.4. The van der Waals surface area contributed by atoms with Gasteiger partial charge in [0.1, 0.15) is 6.61 Å². The predicted molar refractivity (Wildman–Crippen MR) is 252 cm³/mol. The van der Waals surface area contributed by atoms with Gasteiger partial charge in [-0.3, -0.25) is 9.59 Å². The highest BCUT2D eigenvalue weighted by atomic mass is 16.6. The van der Waals surface area contributed by atoms with E-state index in [2.05, 4.69) is 74.6 Å². The Kier molecular flexibility index (Phi) is 40.6. The molecule has 1 N–H and O–H groups in total. The number of aliphatic carboxylic acids is 1. The van der Waals surface area contributed by atoms with E-state index >= 15 is 0 Å². The van der Waals surface area contributed by atoms with Gasteiger partial charge < -0.3 is 23.8 Å². The van der Waals surface area contributed by atoms with E-state index in [0.717, 1.165) is 77.0 Å². The number of quaternary nitrogens is 1. The van der Waals surface area contributed by atoms with Crippen molar-refractivity contribution in [2.75, 3.05) is 41.0 Å². The maximum atomic E-state index is 12.8. The third-order valence-electron chi connectivity index (χ3n) is 10.7. The second-order valence-corrected chi connectivity index (χ2v) is 17.3. The lowest BCUT2D eigenvalue weighted by Crippen LogP contribution is -2.50. The Labute approximate surface area is 368 Å². The summed E-state index contributed by atoms with van der Waals surface area (Å²) in [6.07, 6.45) is 52.6. The number of carbonyl (C=O) groups is 3. The van der Waals surface area contributed by atoms with Crippen LogP contribution < -0.4 is 0 Å². The Morgan fingerprint density at radius 3 is 1.40 bits per heavy atom. The molecule has 0 aliphatic carbocycles. The topological polar surface area (TPSA) is 99.1 Å². The average Bonchev–Trinajstić information content (AvgIpc) is 3.21. The van der Waals surface area contributed by atoms with Crippen molar-refractivity contribution < 1.29 is 38.2 Å². The third kappa shape index (κ3) is 40.4. The monoisotopic (exact) mass is 843 g/mol. The molecule has 0 saturated heterocycles. The number of nitrogens with zero attached hydrogens (tertiary/aromatic N) is 1. The fourth-order valence-electron chi connectivity index (χ4n) is 6.90. The van der Waals surface area contributed by atoms with Crippen molar-refractivity contribution in [1.29, 1.82) is 0 Å². The average molecular weight is 843 g/mol. The zero-order valence-corrected chi connectivity index (χ0v) is 39.4. The Morgan fingerprint density at radius 2 is 0.933 bits per heavy atom. The van der Waals surface area contributed by atoms with Crippen LogP contribution >= 0.6 is 0 Å². The number of unbranched alkanes of at least 4 members (excludes halogenated alkanes) is 19. The van der Waals surface area contributed by atoms with Crippen LogP contribution in [-0.2, 0) is 28.6 Å². The van der Waals surface area contributed by atoms with Crippen LogP contribution in [0, 0.1) is 0 Å². The van der Waals surface area contributed by atoms with Gasteiger partial charge in [-0.05, 0) is 77.0 Å². The lowest BCUT2D eigenvalue weighted by atomic mass is 10.1. The summed E-state index contributed by atoms with van der Waals surface area (Å²) >= 11 is 0. The number of carboxylic acids is 1. The van der Waals surface area contributed by atoms with Gasteiger partial charge in [-0.15, -0.1) is 0 Å². The van der Waals surface area contributed by atoms with Gasteiger partial charge in [-0.25, -0.2) is 4.79 Å². The quantitative estimate of drug-likeness (QED) is 0.0282. The summed E-state index contributed by atoms with van der Waals surface area (Å²) in [6.45, 7) is 4.61. The molecule has 0 aliphatic rings. The van der Waals surface area contributed by atoms with Gasteiger partial charge in [0.15, 0.2) is 12.1 Å². The summed E-state index contributed by atoms with van der Waals surface area (Å²) in [4.78, 5) is 37.1. The maximum absolute atomic E-state index is 12.8. The molecule has 0 spiro atoms. The number of hydrogen-bond donors (Lipinski definition) is 1. The van der Waals surface area contributed by atoms with Crippen LogP contribution in [0.15, 0.2) is 60.8 Å². The maximum Gasteiger partial charge on any atom is 0.362 e. The molecule has 2 atom stereocenters. The Balaban J connectivity index is 4.32.